The summed E-state index contributed by atoms with van der Waals surface area (Å²) in [7, 11) is 0. The van der Waals surface area contributed by atoms with Crippen molar-refractivity contribution < 1.29 is 9.90 Å². The third kappa shape index (κ3) is 3.85. The Kier molecular flexibility index (Phi) is 5.55. The summed E-state index contributed by atoms with van der Waals surface area (Å²) in [6.45, 7) is 6.79. The molecule has 2 N–H and O–H groups in total. The molecular weight excluding hydrogens is 280 g/mol. The Balaban J connectivity index is 1.90. The third-order valence-electron chi connectivity index (χ3n) is 3.39. The van der Waals surface area contributed by atoms with Crippen LogP contribution in [-0.2, 0) is 6.42 Å². The normalized spacial score (nSPS) is 10.6. The zero-order chi connectivity index (χ0) is 15.9. The molecule has 118 valence electrons. The van der Waals surface area contributed by atoms with E-state index in [1.54, 1.807) is 6.08 Å². The number of urea groups is 1. The van der Waals surface area contributed by atoms with Gasteiger partial charge in [0.05, 0.1) is 12.3 Å². The number of aromatic nitrogens is 2. The summed E-state index contributed by atoms with van der Waals surface area (Å²) in [5.41, 5.74) is 3.00. The predicted octanol–water partition coefficient (Wildman–Crippen LogP) is 1.38. The molecule has 2 aromatic heterocycles. The van der Waals surface area contributed by atoms with E-state index in [4.69, 9.17) is 5.11 Å². The van der Waals surface area contributed by atoms with Gasteiger partial charge >= 0.3 is 6.03 Å². The first-order valence-corrected chi connectivity index (χ1v) is 7.33. The minimum Gasteiger partial charge on any atom is -0.395 e. The molecule has 2 aromatic rings. The molecule has 6 nitrogen and oxygen atoms in total. The van der Waals surface area contributed by atoms with Gasteiger partial charge in [-0.1, -0.05) is 12.1 Å². The number of carbonyl (C=O) groups is 1. The first-order valence-electron chi connectivity index (χ1n) is 7.33. The molecule has 0 atom stereocenters. The SMILES string of the molecule is C=CCN(CCO)C(=O)NCCc1cn2cccc(C)c2n1. The molecule has 0 aliphatic heterocycles. The molecule has 22 heavy (non-hydrogen) atoms. The van der Waals surface area contributed by atoms with E-state index in [9.17, 15) is 4.79 Å². The highest BCUT2D eigenvalue weighted by Crippen LogP contribution is 2.10. The van der Waals surface area contributed by atoms with Crippen molar-refractivity contribution in [3.05, 3.63) is 48.4 Å². The number of aryl methyl sites for hydroxylation is 1. The smallest absolute Gasteiger partial charge is 0.317 e. The molecular formula is C16H22N4O2. The van der Waals surface area contributed by atoms with Gasteiger partial charge in [-0.15, -0.1) is 6.58 Å². The minimum atomic E-state index is -0.200. The van der Waals surface area contributed by atoms with Gasteiger partial charge in [0.2, 0.25) is 0 Å². The van der Waals surface area contributed by atoms with Crippen LogP contribution in [0.3, 0.4) is 0 Å². The highest BCUT2D eigenvalue weighted by atomic mass is 16.3. The Labute approximate surface area is 130 Å². The standard InChI is InChI=1S/C16H22N4O2/c1-3-8-19(10-11-21)16(22)17-7-6-14-12-20-9-4-5-13(2)15(20)18-14/h3-5,9,12,21H,1,6-8,10-11H2,2H3,(H,17,22). The maximum Gasteiger partial charge on any atom is 0.317 e. The van der Waals surface area contributed by atoms with Crippen LogP contribution < -0.4 is 5.32 Å². The van der Waals surface area contributed by atoms with Crippen LogP contribution >= 0.6 is 0 Å². The molecule has 2 heterocycles. The molecule has 0 bridgehead atoms. The van der Waals surface area contributed by atoms with Crippen molar-refractivity contribution in [2.45, 2.75) is 13.3 Å². The summed E-state index contributed by atoms with van der Waals surface area (Å²) in [6.07, 6.45) is 6.24. The number of hydrogen-bond donors (Lipinski definition) is 2. The Morgan fingerprint density at radius 3 is 3.09 bits per heavy atom. The van der Waals surface area contributed by atoms with Gasteiger partial charge in [-0.05, 0) is 18.6 Å². The average Bonchev–Trinajstić information content (AvgIpc) is 2.91. The lowest BCUT2D eigenvalue weighted by molar-refractivity contribution is 0.184. The van der Waals surface area contributed by atoms with E-state index in [0.29, 0.717) is 26.1 Å². The molecule has 0 spiro atoms. The van der Waals surface area contributed by atoms with Crippen LogP contribution in [0.15, 0.2) is 37.2 Å². The maximum atomic E-state index is 12.0. The molecule has 0 aliphatic carbocycles. The fraction of sp³-hybridized carbons (Fsp3) is 0.375. The number of amides is 2. The van der Waals surface area contributed by atoms with Crippen molar-refractivity contribution in [2.24, 2.45) is 0 Å². The second kappa shape index (κ2) is 7.61. The molecule has 2 amide bonds. The summed E-state index contributed by atoms with van der Waals surface area (Å²) in [5, 5.41) is 11.8. The number of pyridine rings is 1. The van der Waals surface area contributed by atoms with E-state index < -0.39 is 0 Å². The summed E-state index contributed by atoms with van der Waals surface area (Å²) < 4.78 is 1.99. The van der Waals surface area contributed by atoms with Gasteiger partial charge in [0.15, 0.2) is 0 Å². The molecule has 6 heteroatoms. The van der Waals surface area contributed by atoms with Crippen LogP contribution in [0.5, 0.6) is 0 Å². The number of carbonyl (C=O) groups excluding carboxylic acids is 1. The number of fused-ring (bicyclic) bond motifs is 1. The topological polar surface area (TPSA) is 69.9 Å². The predicted molar refractivity (Wildman–Crippen MR) is 85.9 cm³/mol. The van der Waals surface area contributed by atoms with Crippen LogP contribution in [0.25, 0.3) is 5.65 Å². The average molecular weight is 302 g/mol. The van der Waals surface area contributed by atoms with Gasteiger partial charge in [-0.2, -0.15) is 0 Å². The molecule has 0 aromatic carbocycles. The van der Waals surface area contributed by atoms with Crippen molar-refractivity contribution in [2.75, 3.05) is 26.2 Å². The minimum absolute atomic E-state index is 0.0625. The van der Waals surface area contributed by atoms with Gasteiger partial charge in [0.25, 0.3) is 0 Å². The second-order valence-electron chi connectivity index (χ2n) is 5.09. The van der Waals surface area contributed by atoms with Gasteiger partial charge in [-0.25, -0.2) is 9.78 Å². The molecule has 2 rings (SSSR count). The highest BCUT2D eigenvalue weighted by molar-refractivity contribution is 5.74. The number of rotatable bonds is 7. The molecule has 0 saturated carbocycles. The van der Waals surface area contributed by atoms with E-state index in [0.717, 1.165) is 16.9 Å². The molecule has 0 fully saturated rings. The number of nitrogens with zero attached hydrogens (tertiary/aromatic N) is 3. The summed E-state index contributed by atoms with van der Waals surface area (Å²) in [6, 6.07) is 3.81. The Morgan fingerprint density at radius 2 is 2.41 bits per heavy atom. The van der Waals surface area contributed by atoms with Crippen LogP contribution in [0.2, 0.25) is 0 Å². The number of aliphatic hydroxyl groups is 1. The van der Waals surface area contributed by atoms with E-state index in [1.165, 1.54) is 4.90 Å². The monoisotopic (exact) mass is 302 g/mol. The number of imidazole rings is 1. The lowest BCUT2D eigenvalue weighted by atomic mass is 10.3. The van der Waals surface area contributed by atoms with E-state index in [1.807, 2.05) is 35.9 Å². The fourth-order valence-corrected chi connectivity index (χ4v) is 2.29. The van der Waals surface area contributed by atoms with Crippen LogP contribution in [0, 0.1) is 6.92 Å². The molecule has 0 saturated heterocycles. The van der Waals surface area contributed by atoms with Crippen molar-refractivity contribution in [1.29, 1.82) is 0 Å². The van der Waals surface area contributed by atoms with Crippen molar-refractivity contribution >= 4 is 11.7 Å². The number of aliphatic hydroxyl groups excluding tert-OH is 1. The second-order valence-corrected chi connectivity index (χ2v) is 5.09. The molecule has 0 aliphatic rings. The van der Waals surface area contributed by atoms with Crippen molar-refractivity contribution in [1.82, 2.24) is 19.6 Å². The maximum absolute atomic E-state index is 12.0. The lowest BCUT2D eigenvalue weighted by Gasteiger charge is -2.20. The van der Waals surface area contributed by atoms with Gasteiger partial charge in [-0.3, -0.25) is 0 Å². The Morgan fingerprint density at radius 1 is 1.59 bits per heavy atom. The van der Waals surface area contributed by atoms with Gasteiger partial charge in [0.1, 0.15) is 5.65 Å². The quantitative estimate of drug-likeness (QED) is 0.759. The molecule has 0 unspecified atom stereocenters. The Bertz CT molecular complexity index is 651. The van der Waals surface area contributed by atoms with Crippen molar-refractivity contribution in [3.8, 4) is 0 Å². The number of nitrogens with one attached hydrogen (secondary N) is 1. The van der Waals surface area contributed by atoms with Gasteiger partial charge < -0.3 is 19.7 Å². The fourth-order valence-electron chi connectivity index (χ4n) is 2.29. The highest BCUT2D eigenvalue weighted by Gasteiger charge is 2.11. The van der Waals surface area contributed by atoms with Crippen LogP contribution in [0.4, 0.5) is 4.79 Å². The Hall–Kier alpha value is -2.34. The summed E-state index contributed by atoms with van der Waals surface area (Å²) >= 11 is 0. The molecule has 0 radical (unpaired) electrons. The lowest BCUT2D eigenvalue weighted by Crippen LogP contribution is -2.42. The third-order valence-corrected chi connectivity index (χ3v) is 3.39. The first-order chi connectivity index (χ1) is 10.7. The van der Waals surface area contributed by atoms with E-state index >= 15 is 0 Å². The largest absolute Gasteiger partial charge is 0.395 e. The first kappa shape index (κ1) is 16.0. The van der Waals surface area contributed by atoms with E-state index in [-0.39, 0.29) is 12.6 Å². The van der Waals surface area contributed by atoms with E-state index in [2.05, 4.69) is 16.9 Å². The van der Waals surface area contributed by atoms with Crippen molar-refractivity contribution in [3.63, 3.8) is 0 Å². The van der Waals surface area contributed by atoms with Gasteiger partial charge in [0, 0.05) is 38.4 Å². The summed E-state index contributed by atoms with van der Waals surface area (Å²) in [5.74, 6) is 0. The van der Waals surface area contributed by atoms with Crippen LogP contribution in [-0.4, -0.2) is 51.7 Å². The zero-order valence-corrected chi connectivity index (χ0v) is 12.8. The number of hydrogen-bond acceptors (Lipinski definition) is 3. The van der Waals surface area contributed by atoms with Crippen LogP contribution in [0.1, 0.15) is 11.3 Å². The summed E-state index contributed by atoms with van der Waals surface area (Å²) in [4.78, 5) is 18.1. The zero-order valence-electron chi connectivity index (χ0n) is 12.8.